The van der Waals surface area contributed by atoms with Crippen LogP contribution in [0.15, 0.2) is 42.5 Å². The van der Waals surface area contributed by atoms with Gasteiger partial charge in [-0.2, -0.15) is 0 Å². The van der Waals surface area contributed by atoms with Crippen molar-refractivity contribution in [3.8, 4) is 0 Å². The van der Waals surface area contributed by atoms with Crippen LogP contribution in [0.2, 0.25) is 15.1 Å². The highest BCUT2D eigenvalue weighted by molar-refractivity contribution is 6.35. The van der Waals surface area contributed by atoms with Crippen LogP contribution in [0.4, 0.5) is 5.69 Å². The number of nitrogens with one attached hydrogen (secondary N) is 1. The summed E-state index contributed by atoms with van der Waals surface area (Å²) in [5.41, 5.74) is 2.34. The van der Waals surface area contributed by atoms with Gasteiger partial charge in [0.05, 0.1) is 0 Å². The predicted octanol–water partition coefficient (Wildman–Crippen LogP) is 5.61. The van der Waals surface area contributed by atoms with Crippen LogP contribution in [0.5, 0.6) is 0 Å². The summed E-state index contributed by atoms with van der Waals surface area (Å²) in [6.45, 7) is 1.88. The van der Waals surface area contributed by atoms with Gasteiger partial charge in [0.25, 0.3) is 0 Å². The van der Waals surface area contributed by atoms with Crippen molar-refractivity contribution in [1.82, 2.24) is 0 Å². The van der Waals surface area contributed by atoms with E-state index in [0.29, 0.717) is 15.1 Å². The Balaban J connectivity index is 2.09. The molecule has 2 rings (SSSR count). The molecular formula is C16H12Cl3NO. The second-order valence-corrected chi connectivity index (χ2v) is 5.73. The minimum absolute atomic E-state index is 0.244. The van der Waals surface area contributed by atoms with Crippen molar-refractivity contribution in [3.63, 3.8) is 0 Å². The number of amides is 1. The quantitative estimate of drug-likeness (QED) is 0.723. The molecule has 0 fully saturated rings. The lowest BCUT2D eigenvalue weighted by Gasteiger charge is -2.06. The van der Waals surface area contributed by atoms with Gasteiger partial charge in [0, 0.05) is 26.8 Å². The fraction of sp³-hybridized carbons (Fsp3) is 0.0625. The predicted molar refractivity (Wildman–Crippen MR) is 90.3 cm³/mol. The molecule has 1 amide bonds. The topological polar surface area (TPSA) is 29.1 Å². The summed E-state index contributed by atoms with van der Waals surface area (Å²) < 4.78 is 0. The number of benzene rings is 2. The highest BCUT2D eigenvalue weighted by Crippen LogP contribution is 2.22. The van der Waals surface area contributed by atoms with Gasteiger partial charge >= 0.3 is 0 Å². The number of halogens is 3. The van der Waals surface area contributed by atoms with Crippen LogP contribution < -0.4 is 5.32 Å². The maximum Gasteiger partial charge on any atom is 0.248 e. The molecular weight excluding hydrogens is 329 g/mol. The molecule has 0 radical (unpaired) electrons. The third-order valence-electron chi connectivity index (χ3n) is 2.82. The van der Waals surface area contributed by atoms with Gasteiger partial charge in [-0.25, -0.2) is 0 Å². The van der Waals surface area contributed by atoms with Gasteiger partial charge in [0.1, 0.15) is 0 Å². The number of carbonyl (C=O) groups is 1. The van der Waals surface area contributed by atoms with Crippen molar-refractivity contribution in [3.05, 3.63) is 68.7 Å². The summed E-state index contributed by atoms with van der Waals surface area (Å²) in [6, 6.07) is 10.4. The first kappa shape index (κ1) is 15.9. The Labute approximate surface area is 138 Å². The van der Waals surface area contributed by atoms with E-state index in [0.717, 1.165) is 16.8 Å². The molecule has 0 bridgehead atoms. The van der Waals surface area contributed by atoms with Gasteiger partial charge in [0.15, 0.2) is 0 Å². The van der Waals surface area contributed by atoms with Crippen molar-refractivity contribution in [2.75, 3.05) is 5.32 Å². The van der Waals surface area contributed by atoms with E-state index in [1.54, 1.807) is 42.5 Å². The molecule has 0 atom stereocenters. The lowest BCUT2D eigenvalue weighted by atomic mass is 10.2. The summed E-state index contributed by atoms with van der Waals surface area (Å²) in [5.74, 6) is -0.244. The zero-order valence-corrected chi connectivity index (χ0v) is 13.4. The van der Waals surface area contributed by atoms with Crippen LogP contribution in [-0.4, -0.2) is 5.91 Å². The molecule has 108 valence electrons. The summed E-state index contributed by atoms with van der Waals surface area (Å²) in [7, 11) is 0. The number of hydrogen-bond donors (Lipinski definition) is 1. The van der Waals surface area contributed by atoms with Crippen LogP contribution in [0.25, 0.3) is 6.08 Å². The number of rotatable bonds is 3. The van der Waals surface area contributed by atoms with Crippen molar-refractivity contribution in [1.29, 1.82) is 0 Å². The molecule has 2 nitrogen and oxygen atoms in total. The Morgan fingerprint density at radius 1 is 1.05 bits per heavy atom. The van der Waals surface area contributed by atoms with Crippen LogP contribution >= 0.6 is 34.8 Å². The Morgan fingerprint density at radius 3 is 2.38 bits per heavy atom. The zero-order chi connectivity index (χ0) is 15.4. The van der Waals surface area contributed by atoms with E-state index in [9.17, 15) is 4.79 Å². The van der Waals surface area contributed by atoms with E-state index in [4.69, 9.17) is 34.8 Å². The van der Waals surface area contributed by atoms with E-state index in [-0.39, 0.29) is 5.91 Å². The molecule has 0 aromatic heterocycles. The molecule has 2 aromatic rings. The number of aryl methyl sites for hydroxylation is 1. The third-order valence-corrected chi connectivity index (χ3v) is 3.62. The monoisotopic (exact) mass is 339 g/mol. The number of carbonyl (C=O) groups excluding carboxylic acids is 1. The fourth-order valence-electron chi connectivity index (χ4n) is 1.74. The van der Waals surface area contributed by atoms with Gasteiger partial charge in [-0.1, -0.05) is 40.9 Å². The minimum atomic E-state index is -0.244. The average molecular weight is 341 g/mol. The van der Waals surface area contributed by atoms with Gasteiger partial charge in [0.2, 0.25) is 5.91 Å². The molecule has 0 heterocycles. The van der Waals surface area contributed by atoms with Crippen molar-refractivity contribution in [2.24, 2.45) is 0 Å². The maximum absolute atomic E-state index is 11.9. The minimum Gasteiger partial charge on any atom is -0.322 e. The zero-order valence-electron chi connectivity index (χ0n) is 11.2. The summed E-state index contributed by atoms with van der Waals surface area (Å²) in [5, 5.41) is 4.47. The Hall–Kier alpha value is -1.48. The summed E-state index contributed by atoms with van der Waals surface area (Å²) in [6.07, 6.45) is 3.06. The molecule has 21 heavy (non-hydrogen) atoms. The second kappa shape index (κ2) is 6.99. The largest absolute Gasteiger partial charge is 0.322 e. The Bertz CT molecular complexity index is 711. The molecule has 0 aliphatic rings. The van der Waals surface area contributed by atoms with Gasteiger partial charge in [-0.05, 0) is 54.5 Å². The molecule has 0 saturated carbocycles. The van der Waals surface area contributed by atoms with E-state index in [2.05, 4.69) is 5.32 Å². The van der Waals surface area contributed by atoms with E-state index in [1.165, 1.54) is 6.08 Å². The first-order chi connectivity index (χ1) is 9.95. The molecule has 2 aromatic carbocycles. The molecule has 0 aliphatic heterocycles. The average Bonchev–Trinajstić information content (AvgIpc) is 2.41. The highest BCUT2D eigenvalue weighted by Gasteiger charge is 2.03. The maximum atomic E-state index is 11.9. The van der Waals surface area contributed by atoms with Gasteiger partial charge in [-0.15, -0.1) is 0 Å². The number of hydrogen-bond acceptors (Lipinski definition) is 1. The van der Waals surface area contributed by atoms with Crippen molar-refractivity contribution in [2.45, 2.75) is 6.92 Å². The van der Waals surface area contributed by atoms with Gasteiger partial charge in [-0.3, -0.25) is 4.79 Å². The molecule has 1 N–H and O–H groups in total. The molecule has 5 heteroatoms. The molecule has 0 spiro atoms. The lowest BCUT2D eigenvalue weighted by molar-refractivity contribution is -0.111. The normalized spacial score (nSPS) is 10.9. The van der Waals surface area contributed by atoms with Crippen LogP contribution in [0.3, 0.4) is 0 Å². The van der Waals surface area contributed by atoms with Crippen molar-refractivity contribution >= 4 is 52.5 Å². The van der Waals surface area contributed by atoms with Gasteiger partial charge < -0.3 is 5.32 Å². The second-order valence-electron chi connectivity index (χ2n) is 4.45. The highest BCUT2D eigenvalue weighted by atomic mass is 35.5. The van der Waals surface area contributed by atoms with Crippen molar-refractivity contribution < 1.29 is 4.79 Å². The standard InChI is InChI=1S/C16H12Cl3NO/c1-10-8-12(17)5-6-15(10)20-16(21)7-3-11-2-4-13(18)9-14(11)19/h2-9H,1H3,(H,20,21)/b7-3+. The lowest BCUT2D eigenvalue weighted by Crippen LogP contribution is -2.08. The van der Waals surface area contributed by atoms with E-state index < -0.39 is 0 Å². The SMILES string of the molecule is Cc1cc(Cl)ccc1NC(=O)/C=C/c1ccc(Cl)cc1Cl. The van der Waals surface area contributed by atoms with Crippen LogP contribution in [-0.2, 0) is 4.79 Å². The first-order valence-corrected chi connectivity index (χ1v) is 7.29. The number of anilines is 1. The van der Waals surface area contributed by atoms with E-state index in [1.807, 2.05) is 6.92 Å². The third kappa shape index (κ3) is 4.50. The molecule has 0 aliphatic carbocycles. The Morgan fingerprint density at radius 2 is 1.71 bits per heavy atom. The summed E-state index contributed by atoms with van der Waals surface area (Å²) >= 11 is 17.7. The van der Waals surface area contributed by atoms with Crippen LogP contribution in [0.1, 0.15) is 11.1 Å². The molecule has 0 unspecified atom stereocenters. The fourth-order valence-corrected chi connectivity index (χ4v) is 2.44. The summed E-state index contributed by atoms with van der Waals surface area (Å²) in [4.78, 5) is 11.9. The first-order valence-electron chi connectivity index (χ1n) is 6.16. The van der Waals surface area contributed by atoms with E-state index >= 15 is 0 Å². The van der Waals surface area contributed by atoms with Crippen LogP contribution in [0, 0.1) is 6.92 Å². The molecule has 0 saturated heterocycles. The smallest absolute Gasteiger partial charge is 0.248 e. The Kier molecular flexibility index (Phi) is 5.29.